The first-order chi connectivity index (χ1) is 10.1. The highest BCUT2D eigenvalue weighted by molar-refractivity contribution is 5.90. The molecule has 0 radical (unpaired) electrons. The van der Waals surface area contributed by atoms with E-state index in [4.69, 9.17) is 4.74 Å². The minimum Gasteiger partial charge on any atom is -0.465 e. The smallest absolute Gasteiger partial charge is 0.337 e. The average molecular weight is 284 g/mol. The summed E-state index contributed by atoms with van der Waals surface area (Å²) < 4.78 is 4.79. The molecule has 21 heavy (non-hydrogen) atoms. The van der Waals surface area contributed by atoms with E-state index in [-0.39, 0.29) is 11.4 Å². The third-order valence-electron chi connectivity index (χ3n) is 5.16. The van der Waals surface area contributed by atoms with Crippen molar-refractivity contribution in [2.45, 2.75) is 38.0 Å². The first-order valence-electron chi connectivity index (χ1n) is 7.53. The molecule has 3 rings (SSSR count). The Hall–Kier alpha value is -1.90. The van der Waals surface area contributed by atoms with Gasteiger partial charge in [-0.2, -0.15) is 0 Å². The molecule has 0 bridgehead atoms. The van der Waals surface area contributed by atoms with Gasteiger partial charge in [0.05, 0.1) is 12.7 Å². The summed E-state index contributed by atoms with van der Waals surface area (Å²) in [4.78, 5) is 23.5. The number of ketones is 1. The minimum absolute atomic E-state index is 0.0483. The summed E-state index contributed by atoms with van der Waals surface area (Å²) in [5.74, 6) is 0.348. The summed E-state index contributed by atoms with van der Waals surface area (Å²) in [6.07, 6.45) is 7.43. The first-order valence-corrected chi connectivity index (χ1v) is 7.53. The van der Waals surface area contributed by atoms with E-state index in [0.717, 1.165) is 18.4 Å². The fourth-order valence-corrected chi connectivity index (χ4v) is 3.93. The predicted octanol–water partition coefficient (Wildman–Crippen LogP) is 3.52. The summed E-state index contributed by atoms with van der Waals surface area (Å²) in [5.41, 5.74) is 2.99. The van der Waals surface area contributed by atoms with Gasteiger partial charge in [-0.05, 0) is 42.0 Å². The summed E-state index contributed by atoms with van der Waals surface area (Å²) in [5, 5.41) is 0. The number of allylic oxidation sites excluding steroid dienone is 1. The van der Waals surface area contributed by atoms with Crippen LogP contribution in [0.2, 0.25) is 0 Å². The van der Waals surface area contributed by atoms with Crippen molar-refractivity contribution in [1.82, 2.24) is 0 Å². The van der Waals surface area contributed by atoms with Crippen LogP contribution in [0, 0.1) is 5.92 Å². The van der Waals surface area contributed by atoms with Gasteiger partial charge in [0.1, 0.15) is 5.78 Å². The predicted molar refractivity (Wildman–Crippen MR) is 81.1 cm³/mol. The summed E-state index contributed by atoms with van der Waals surface area (Å²) in [7, 11) is 1.40. The summed E-state index contributed by atoms with van der Waals surface area (Å²) in [6.45, 7) is 2.19. The number of rotatable bonds is 2. The van der Waals surface area contributed by atoms with Gasteiger partial charge in [-0.1, -0.05) is 25.1 Å². The molecule has 0 aliphatic heterocycles. The number of ether oxygens (including phenoxy) is 1. The average Bonchev–Trinajstić information content (AvgIpc) is 2.53. The van der Waals surface area contributed by atoms with E-state index in [1.165, 1.54) is 12.7 Å². The van der Waals surface area contributed by atoms with Crippen LogP contribution in [0.25, 0.3) is 6.08 Å². The first kappa shape index (κ1) is 14.1. The Bertz CT molecular complexity index is 629. The molecule has 1 unspecified atom stereocenters. The van der Waals surface area contributed by atoms with Crippen molar-refractivity contribution in [1.29, 1.82) is 0 Å². The van der Waals surface area contributed by atoms with Gasteiger partial charge in [-0.15, -0.1) is 0 Å². The quantitative estimate of drug-likeness (QED) is 0.780. The topological polar surface area (TPSA) is 43.4 Å². The van der Waals surface area contributed by atoms with Crippen molar-refractivity contribution in [2.75, 3.05) is 7.11 Å². The van der Waals surface area contributed by atoms with Gasteiger partial charge >= 0.3 is 5.97 Å². The molecule has 2 aliphatic carbocycles. The van der Waals surface area contributed by atoms with Gasteiger partial charge in [0.25, 0.3) is 0 Å². The molecule has 0 aromatic heterocycles. The fourth-order valence-electron chi connectivity index (χ4n) is 3.93. The number of methoxy groups -OCH3 is 1. The maximum absolute atomic E-state index is 11.8. The fraction of sp³-hybridized carbons (Fsp3) is 0.444. The van der Waals surface area contributed by atoms with Crippen molar-refractivity contribution >= 4 is 17.8 Å². The Morgan fingerprint density at radius 1 is 1.43 bits per heavy atom. The molecule has 0 saturated heterocycles. The van der Waals surface area contributed by atoms with E-state index in [1.54, 1.807) is 0 Å². The van der Waals surface area contributed by atoms with E-state index in [1.807, 2.05) is 12.1 Å². The molecular weight excluding hydrogens is 264 g/mol. The lowest BCUT2D eigenvalue weighted by Gasteiger charge is -2.45. The molecule has 3 nitrogen and oxygen atoms in total. The van der Waals surface area contributed by atoms with Crippen LogP contribution in [0.4, 0.5) is 0 Å². The van der Waals surface area contributed by atoms with Crippen LogP contribution in [0.5, 0.6) is 0 Å². The molecule has 2 aliphatic rings. The lowest BCUT2D eigenvalue weighted by Crippen LogP contribution is -2.41. The SMILES string of the molecule is CC[C@@]12CCC(=O)CC1C=Cc1cc(C(=O)OC)ccc12. The Morgan fingerprint density at radius 3 is 2.95 bits per heavy atom. The molecular formula is C18H20O3. The Morgan fingerprint density at radius 2 is 2.24 bits per heavy atom. The largest absolute Gasteiger partial charge is 0.465 e. The number of carbonyl (C=O) groups excluding carboxylic acids is 2. The van der Waals surface area contributed by atoms with Gasteiger partial charge in [0.15, 0.2) is 0 Å². The van der Waals surface area contributed by atoms with Crippen molar-refractivity contribution in [3.8, 4) is 0 Å². The zero-order valence-corrected chi connectivity index (χ0v) is 12.5. The van der Waals surface area contributed by atoms with E-state index >= 15 is 0 Å². The molecule has 0 spiro atoms. The molecule has 1 aromatic rings. The molecule has 110 valence electrons. The highest BCUT2D eigenvalue weighted by atomic mass is 16.5. The molecule has 3 heteroatoms. The van der Waals surface area contributed by atoms with Crippen LogP contribution in [0.15, 0.2) is 24.3 Å². The Balaban J connectivity index is 2.08. The second kappa shape index (κ2) is 5.14. The summed E-state index contributed by atoms with van der Waals surface area (Å²) in [6, 6.07) is 5.80. The van der Waals surface area contributed by atoms with E-state index in [0.29, 0.717) is 30.1 Å². The zero-order chi connectivity index (χ0) is 15.0. The molecule has 0 amide bonds. The standard InChI is InChI=1S/C18H20O3/c1-3-18-9-8-15(19)11-14(18)6-4-12-10-13(17(20)21-2)5-7-16(12)18/h4-7,10,14H,3,8-9,11H2,1-2H3/t14?,18-/m1/s1. The number of hydrogen-bond donors (Lipinski definition) is 0. The second-order valence-electron chi connectivity index (χ2n) is 6.01. The van der Waals surface area contributed by atoms with Crippen LogP contribution in [-0.4, -0.2) is 18.9 Å². The van der Waals surface area contributed by atoms with Crippen LogP contribution < -0.4 is 0 Å². The van der Waals surface area contributed by atoms with Gasteiger partial charge < -0.3 is 4.74 Å². The maximum Gasteiger partial charge on any atom is 0.337 e. The third-order valence-corrected chi connectivity index (χ3v) is 5.16. The van der Waals surface area contributed by atoms with E-state index in [9.17, 15) is 9.59 Å². The van der Waals surface area contributed by atoms with Crippen LogP contribution in [-0.2, 0) is 14.9 Å². The van der Waals surface area contributed by atoms with Crippen molar-refractivity contribution < 1.29 is 14.3 Å². The van der Waals surface area contributed by atoms with Crippen molar-refractivity contribution in [3.63, 3.8) is 0 Å². The lowest BCUT2D eigenvalue weighted by molar-refractivity contribution is -0.122. The molecule has 0 heterocycles. The number of esters is 1. The number of carbonyl (C=O) groups is 2. The molecule has 1 fully saturated rings. The number of benzene rings is 1. The van der Waals surface area contributed by atoms with Gasteiger partial charge in [-0.25, -0.2) is 4.79 Å². The van der Waals surface area contributed by atoms with E-state index < -0.39 is 0 Å². The maximum atomic E-state index is 11.8. The number of fused-ring (bicyclic) bond motifs is 3. The van der Waals surface area contributed by atoms with Crippen LogP contribution in [0.1, 0.15) is 54.1 Å². The monoisotopic (exact) mass is 284 g/mol. The Labute approximate surface area is 125 Å². The third kappa shape index (κ3) is 2.11. The number of hydrogen-bond acceptors (Lipinski definition) is 3. The molecule has 1 aromatic carbocycles. The van der Waals surface area contributed by atoms with Gasteiger partial charge in [-0.3, -0.25) is 4.79 Å². The lowest BCUT2D eigenvalue weighted by atomic mass is 9.58. The van der Waals surface area contributed by atoms with Crippen LogP contribution >= 0.6 is 0 Å². The van der Waals surface area contributed by atoms with Gasteiger partial charge in [0, 0.05) is 18.3 Å². The highest BCUT2D eigenvalue weighted by Crippen LogP contribution is 2.50. The van der Waals surface area contributed by atoms with Crippen molar-refractivity contribution in [3.05, 3.63) is 41.0 Å². The van der Waals surface area contributed by atoms with E-state index in [2.05, 4.69) is 25.1 Å². The zero-order valence-electron chi connectivity index (χ0n) is 12.5. The Kier molecular flexibility index (Phi) is 3.44. The normalized spacial score (nSPS) is 27.0. The van der Waals surface area contributed by atoms with Crippen molar-refractivity contribution in [2.24, 2.45) is 5.92 Å². The summed E-state index contributed by atoms with van der Waals surface area (Å²) >= 11 is 0. The minimum atomic E-state index is -0.308. The van der Waals surface area contributed by atoms with Crippen LogP contribution in [0.3, 0.4) is 0 Å². The molecule has 2 atom stereocenters. The highest BCUT2D eigenvalue weighted by Gasteiger charge is 2.44. The second-order valence-corrected chi connectivity index (χ2v) is 6.01. The molecule has 0 N–H and O–H groups in total. The van der Waals surface area contributed by atoms with Gasteiger partial charge in [0.2, 0.25) is 0 Å². The molecule has 1 saturated carbocycles. The number of Topliss-reactive ketones (excluding diaryl/α,β-unsaturated/α-hetero) is 1.